The first-order valence-electron chi connectivity index (χ1n) is 8.42. The molecule has 4 atom stereocenters. The molecule has 156 valence electrons. The van der Waals surface area contributed by atoms with Gasteiger partial charge in [-0.3, -0.25) is 9.13 Å². The molecule has 0 radical (unpaired) electrons. The summed E-state index contributed by atoms with van der Waals surface area (Å²) in [6.07, 6.45) is -5.56. The molecule has 0 aromatic carbocycles. The first-order chi connectivity index (χ1) is 13.3. The van der Waals surface area contributed by atoms with Crippen molar-refractivity contribution in [3.05, 3.63) is 11.6 Å². The SMILES string of the molecule is CCOP(=O)(CO[C@H]1O[C@@H](n2cnc3c(N)nc(Cl)nc32)[C@@H](F)[C@@H]1O)OCC. The fourth-order valence-electron chi connectivity index (χ4n) is 2.74. The van der Waals surface area contributed by atoms with E-state index in [0.29, 0.717) is 0 Å². The van der Waals surface area contributed by atoms with Crippen molar-refractivity contribution in [2.24, 2.45) is 0 Å². The third-order valence-corrected chi connectivity index (χ3v) is 5.83. The number of aliphatic hydroxyl groups is 1. The van der Waals surface area contributed by atoms with E-state index < -0.39 is 38.7 Å². The lowest BCUT2D eigenvalue weighted by atomic mass is 10.2. The summed E-state index contributed by atoms with van der Waals surface area (Å²) in [5.74, 6) is 0.0184. The van der Waals surface area contributed by atoms with Crippen LogP contribution in [0, 0.1) is 0 Å². The molecule has 0 saturated carbocycles. The van der Waals surface area contributed by atoms with Gasteiger partial charge in [0, 0.05) is 0 Å². The number of nitrogen functional groups attached to an aromatic ring is 1. The fraction of sp³-hybridized carbons (Fsp3) is 0.643. The van der Waals surface area contributed by atoms with Crippen molar-refractivity contribution in [3.63, 3.8) is 0 Å². The molecule has 0 unspecified atom stereocenters. The summed E-state index contributed by atoms with van der Waals surface area (Å²) < 4.78 is 49.3. The van der Waals surface area contributed by atoms with Crippen molar-refractivity contribution in [1.82, 2.24) is 19.5 Å². The standard InChI is InChI=1S/C14H20ClFN5O6P/c1-3-25-28(23,26-4-2)6-24-13-9(22)7(16)12(27-13)21-5-18-8-10(17)19-14(15)20-11(8)21/h5,7,9,12-13,22H,3-4,6H2,1-2H3,(H2,17,19,20)/t7-,9-,12+,13-/m0/s1. The lowest BCUT2D eigenvalue weighted by Crippen LogP contribution is -2.30. The molecule has 0 bridgehead atoms. The van der Waals surface area contributed by atoms with Gasteiger partial charge in [-0.1, -0.05) is 0 Å². The zero-order valence-corrected chi connectivity index (χ0v) is 16.7. The number of nitrogens with zero attached hydrogens (tertiary/aromatic N) is 4. The fourth-order valence-corrected chi connectivity index (χ4v) is 4.25. The molecule has 11 nitrogen and oxygen atoms in total. The van der Waals surface area contributed by atoms with Crippen LogP contribution in [0.1, 0.15) is 20.1 Å². The lowest BCUT2D eigenvalue weighted by molar-refractivity contribution is -0.168. The van der Waals surface area contributed by atoms with Crippen LogP contribution in [0.5, 0.6) is 0 Å². The van der Waals surface area contributed by atoms with Gasteiger partial charge in [-0.05, 0) is 25.4 Å². The van der Waals surface area contributed by atoms with Crippen LogP contribution in [-0.2, 0) is 23.1 Å². The van der Waals surface area contributed by atoms with Crippen molar-refractivity contribution < 1.29 is 32.6 Å². The second-order valence-corrected chi connectivity index (χ2v) is 8.11. The highest BCUT2D eigenvalue weighted by molar-refractivity contribution is 7.53. The lowest BCUT2D eigenvalue weighted by Gasteiger charge is -2.20. The molecule has 3 rings (SSSR count). The van der Waals surface area contributed by atoms with Gasteiger partial charge in [0.2, 0.25) is 5.28 Å². The number of aromatic nitrogens is 4. The zero-order chi connectivity index (χ0) is 20.5. The Morgan fingerprint density at radius 1 is 1.39 bits per heavy atom. The van der Waals surface area contributed by atoms with Crippen molar-refractivity contribution in [2.45, 2.75) is 38.6 Å². The number of anilines is 1. The van der Waals surface area contributed by atoms with Crippen LogP contribution >= 0.6 is 19.2 Å². The molecule has 0 aliphatic carbocycles. The maximum Gasteiger partial charge on any atom is 0.356 e. The second kappa shape index (κ2) is 8.54. The van der Waals surface area contributed by atoms with Gasteiger partial charge in [0.1, 0.15) is 11.6 Å². The van der Waals surface area contributed by atoms with E-state index in [1.807, 2.05) is 0 Å². The Kier molecular flexibility index (Phi) is 6.50. The number of alkyl halides is 1. The average molecular weight is 440 g/mol. The van der Waals surface area contributed by atoms with Crippen molar-refractivity contribution in [1.29, 1.82) is 0 Å². The number of rotatable bonds is 8. The molecule has 0 amide bonds. The molecule has 1 aliphatic heterocycles. The van der Waals surface area contributed by atoms with Gasteiger partial charge in [-0.15, -0.1) is 0 Å². The largest absolute Gasteiger partial charge is 0.385 e. The van der Waals surface area contributed by atoms with Crippen LogP contribution < -0.4 is 5.73 Å². The maximum absolute atomic E-state index is 14.7. The van der Waals surface area contributed by atoms with Gasteiger partial charge < -0.3 is 29.4 Å². The summed E-state index contributed by atoms with van der Waals surface area (Å²) in [6.45, 7) is 3.55. The number of hydrogen-bond donors (Lipinski definition) is 2. The number of nitrogens with two attached hydrogens (primary N) is 1. The molecule has 3 heterocycles. The topological polar surface area (TPSA) is 144 Å². The van der Waals surface area contributed by atoms with E-state index in [9.17, 15) is 14.1 Å². The van der Waals surface area contributed by atoms with Crippen LogP contribution in [0.2, 0.25) is 5.28 Å². The Morgan fingerprint density at radius 3 is 2.71 bits per heavy atom. The summed E-state index contributed by atoms with van der Waals surface area (Å²) in [4.78, 5) is 11.8. The van der Waals surface area contributed by atoms with Gasteiger partial charge in [0.05, 0.1) is 19.5 Å². The summed E-state index contributed by atoms with van der Waals surface area (Å²) in [6, 6.07) is 0. The number of aliphatic hydroxyl groups excluding tert-OH is 1. The van der Waals surface area contributed by atoms with Crippen LogP contribution in [0.15, 0.2) is 6.33 Å². The summed E-state index contributed by atoms with van der Waals surface area (Å²) >= 11 is 5.80. The van der Waals surface area contributed by atoms with Gasteiger partial charge >= 0.3 is 7.60 Å². The molecule has 1 aliphatic rings. The number of fused-ring (bicyclic) bond motifs is 1. The monoisotopic (exact) mass is 439 g/mol. The Labute approximate surface area is 164 Å². The minimum Gasteiger partial charge on any atom is -0.385 e. The van der Waals surface area contributed by atoms with Crippen LogP contribution in [-0.4, -0.2) is 62.8 Å². The van der Waals surface area contributed by atoms with E-state index in [2.05, 4.69) is 15.0 Å². The Hall–Kier alpha value is -1.40. The first kappa shape index (κ1) is 21.3. The average Bonchev–Trinajstić information content (AvgIpc) is 3.16. The van der Waals surface area contributed by atoms with E-state index >= 15 is 0 Å². The minimum absolute atomic E-state index is 0.0184. The molecule has 1 fully saturated rings. The zero-order valence-electron chi connectivity index (χ0n) is 15.1. The number of imidazole rings is 1. The highest BCUT2D eigenvalue weighted by Gasteiger charge is 2.47. The van der Waals surface area contributed by atoms with E-state index in [1.165, 1.54) is 10.9 Å². The highest BCUT2D eigenvalue weighted by atomic mass is 35.5. The molecule has 28 heavy (non-hydrogen) atoms. The first-order valence-corrected chi connectivity index (χ1v) is 10.5. The van der Waals surface area contributed by atoms with Crippen molar-refractivity contribution >= 4 is 36.2 Å². The maximum atomic E-state index is 14.7. The van der Waals surface area contributed by atoms with Crippen LogP contribution in [0.4, 0.5) is 10.2 Å². The van der Waals surface area contributed by atoms with Crippen molar-refractivity contribution in [3.8, 4) is 0 Å². The molecular formula is C14H20ClFN5O6P. The predicted molar refractivity (Wildman–Crippen MR) is 96.4 cm³/mol. The highest BCUT2D eigenvalue weighted by Crippen LogP contribution is 2.49. The van der Waals surface area contributed by atoms with Gasteiger partial charge in [0.25, 0.3) is 0 Å². The van der Waals surface area contributed by atoms with Crippen LogP contribution in [0.3, 0.4) is 0 Å². The molecule has 2 aromatic heterocycles. The molecule has 0 spiro atoms. The summed E-state index contributed by atoms with van der Waals surface area (Å²) in [7, 11) is -3.56. The molecule has 2 aromatic rings. The molecular weight excluding hydrogens is 420 g/mol. The third-order valence-electron chi connectivity index (χ3n) is 3.89. The number of hydrogen-bond acceptors (Lipinski definition) is 10. The Bertz CT molecular complexity index is 877. The summed E-state index contributed by atoms with van der Waals surface area (Å²) in [5, 5.41) is 10.0. The molecule has 14 heteroatoms. The van der Waals surface area contributed by atoms with E-state index in [-0.39, 0.29) is 35.5 Å². The molecule has 1 saturated heterocycles. The van der Waals surface area contributed by atoms with E-state index in [0.717, 1.165) is 0 Å². The van der Waals surface area contributed by atoms with Crippen LogP contribution in [0.25, 0.3) is 11.2 Å². The normalized spacial score (nSPS) is 25.6. The Balaban J connectivity index is 1.79. The second-order valence-electron chi connectivity index (χ2n) is 5.77. The Morgan fingerprint density at radius 2 is 2.07 bits per heavy atom. The van der Waals surface area contributed by atoms with Gasteiger partial charge in [-0.25, -0.2) is 9.37 Å². The smallest absolute Gasteiger partial charge is 0.356 e. The summed E-state index contributed by atoms with van der Waals surface area (Å²) in [5.41, 5.74) is 6.07. The minimum atomic E-state index is -3.56. The van der Waals surface area contributed by atoms with Gasteiger partial charge in [-0.2, -0.15) is 9.97 Å². The van der Waals surface area contributed by atoms with E-state index in [1.54, 1.807) is 13.8 Å². The van der Waals surface area contributed by atoms with Crippen molar-refractivity contribution in [2.75, 3.05) is 25.3 Å². The van der Waals surface area contributed by atoms with Gasteiger partial charge in [0.15, 0.2) is 36.5 Å². The quantitative estimate of drug-likeness (QED) is 0.461. The predicted octanol–water partition coefficient (Wildman–Crippen LogP) is 1.86. The number of halogens is 2. The third kappa shape index (κ3) is 4.13. The number of ether oxygens (including phenoxy) is 2. The molecule has 3 N–H and O–H groups in total. The van der Waals surface area contributed by atoms with E-state index in [4.69, 9.17) is 35.9 Å².